The number of rotatable bonds is 4. The second-order valence-electron chi connectivity index (χ2n) is 7.09. The number of pyridine rings is 1. The predicted molar refractivity (Wildman–Crippen MR) is 108 cm³/mol. The summed E-state index contributed by atoms with van der Waals surface area (Å²) in [5, 5.41) is 8.44. The first-order chi connectivity index (χ1) is 13.8. The zero-order valence-corrected chi connectivity index (χ0v) is 15.3. The van der Waals surface area contributed by atoms with E-state index in [1.54, 1.807) is 12.1 Å². The van der Waals surface area contributed by atoms with E-state index in [9.17, 15) is 4.39 Å². The van der Waals surface area contributed by atoms with E-state index >= 15 is 0 Å². The van der Waals surface area contributed by atoms with Crippen molar-refractivity contribution in [2.75, 3.05) is 13.1 Å². The van der Waals surface area contributed by atoms with Gasteiger partial charge in [0.1, 0.15) is 11.5 Å². The van der Waals surface area contributed by atoms with Gasteiger partial charge in [-0.15, -0.1) is 0 Å². The van der Waals surface area contributed by atoms with Crippen LogP contribution in [-0.2, 0) is 6.54 Å². The quantitative estimate of drug-likeness (QED) is 0.558. The van der Waals surface area contributed by atoms with Crippen molar-refractivity contribution in [1.82, 2.24) is 25.1 Å². The Morgan fingerprint density at radius 2 is 2.04 bits per heavy atom. The molecule has 0 saturated carbocycles. The molecule has 140 valence electrons. The molecular formula is C22H20FN5. The summed E-state index contributed by atoms with van der Waals surface area (Å²) in [7, 11) is 0. The van der Waals surface area contributed by atoms with Gasteiger partial charge in [-0.2, -0.15) is 5.10 Å². The Kier molecular flexibility index (Phi) is 4.25. The van der Waals surface area contributed by atoms with Gasteiger partial charge in [0.15, 0.2) is 0 Å². The number of aromatic nitrogens is 4. The number of nitrogens with zero attached hydrogens (tertiary/aromatic N) is 3. The Labute approximate surface area is 161 Å². The summed E-state index contributed by atoms with van der Waals surface area (Å²) in [5.74, 6) is -0.231. The summed E-state index contributed by atoms with van der Waals surface area (Å²) >= 11 is 0. The van der Waals surface area contributed by atoms with E-state index in [0.717, 1.165) is 48.5 Å². The predicted octanol–water partition coefficient (Wildman–Crippen LogP) is 4.38. The van der Waals surface area contributed by atoms with Crippen LogP contribution in [0.4, 0.5) is 4.39 Å². The number of fused-ring (bicyclic) bond motifs is 1. The largest absolute Gasteiger partial charge is 0.346 e. The smallest absolute Gasteiger partial charge is 0.137 e. The summed E-state index contributed by atoms with van der Waals surface area (Å²) in [6, 6.07) is 10.6. The zero-order valence-electron chi connectivity index (χ0n) is 15.3. The van der Waals surface area contributed by atoms with Crippen molar-refractivity contribution in [3.63, 3.8) is 0 Å². The van der Waals surface area contributed by atoms with Gasteiger partial charge in [0, 0.05) is 54.1 Å². The monoisotopic (exact) mass is 373 g/mol. The molecule has 2 N–H and O–H groups in total. The lowest BCUT2D eigenvalue weighted by Gasteiger charge is -2.26. The van der Waals surface area contributed by atoms with E-state index < -0.39 is 0 Å². The molecule has 0 fully saturated rings. The van der Waals surface area contributed by atoms with Gasteiger partial charge >= 0.3 is 0 Å². The Bertz CT molecular complexity index is 1140. The molecule has 0 aliphatic carbocycles. The first-order valence-electron chi connectivity index (χ1n) is 9.40. The van der Waals surface area contributed by atoms with Crippen molar-refractivity contribution in [3.05, 3.63) is 78.0 Å². The van der Waals surface area contributed by atoms with E-state index in [1.807, 2.05) is 18.5 Å². The summed E-state index contributed by atoms with van der Waals surface area (Å²) in [4.78, 5) is 10.0. The fourth-order valence-electron chi connectivity index (χ4n) is 3.86. The lowest BCUT2D eigenvalue weighted by molar-refractivity contribution is 0.294. The molecule has 0 atom stereocenters. The lowest BCUT2D eigenvalue weighted by Crippen LogP contribution is -2.28. The molecule has 4 aromatic rings. The van der Waals surface area contributed by atoms with E-state index in [4.69, 9.17) is 0 Å². The van der Waals surface area contributed by atoms with Crippen LogP contribution in [0, 0.1) is 5.82 Å². The second kappa shape index (κ2) is 7.05. The number of aromatic amines is 2. The second-order valence-corrected chi connectivity index (χ2v) is 7.09. The minimum Gasteiger partial charge on any atom is -0.346 e. The fourth-order valence-corrected chi connectivity index (χ4v) is 3.86. The molecule has 4 heterocycles. The summed E-state index contributed by atoms with van der Waals surface area (Å²) in [5.41, 5.74) is 6.58. The SMILES string of the molecule is Fc1ccc(-c2[nH]ncc2CN2CC=C(c3c[nH]c4ncccc34)CC2)cc1. The van der Waals surface area contributed by atoms with Gasteiger partial charge < -0.3 is 4.98 Å². The molecule has 5 nitrogen and oxygen atoms in total. The van der Waals surface area contributed by atoms with Gasteiger partial charge in [0.2, 0.25) is 0 Å². The summed E-state index contributed by atoms with van der Waals surface area (Å²) in [6.07, 6.45) is 9.02. The number of H-pyrrole nitrogens is 2. The van der Waals surface area contributed by atoms with Crippen molar-refractivity contribution < 1.29 is 4.39 Å². The molecule has 1 aliphatic rings. The molecule has 0 radical (unpaired) electrons. The van der Waals surface area contributed by atoms with Crippen molar-refractivity contribution in [1.29, 1.82) is 0 Å². The molecule has 0 amide bonds. The van der Waals surface area contributed by atoms with Gasteiger partial charge in [-0.05, 0) is 48.4 Å². The topological polar surface area (TPSA) is 60.6 Å². The minimum absolute atomic E-state index is 0.231. The Morgan fingerprint density at radius 1 is 1.14 bits per heavy atom. The van der Waals surface area contributed by atoms with E-state index in [-0.39, 0.29) is 5.82 Å². The molecule has 28 heavy (non-hydrogen) atoms. The van der Waals surface area contributed by atoms with Gasteiger partial charge in [-0.25, -0.2) is 9.37 Å². The maximum absolute atomic E-state index is 13.2. The lowest BCUT2D eigenvalue weighted by atomic mass is 9.99. The van der Waals surface area contributed by atoms with Crippen LogP contribution in [-0.4, -0.2) is 38.2 Å². The van der Waals surface area contributed by atoms with Crippen LogP contribution in [0.1, 0.15) is 17.5 Å². The van der Waals surface area contributed by atoms with E-state index in [1.165, 1.54) is 28.7 Å². The first-order valence-corrected chi connectivity index (χ1v) is 9.40. The highest BCUT2D eigenvalue weighted by molar-refractivity contribution is 5.90. The van der Waals surface area contributed by atoms with Crippen LogP contribution in [0.3, 0.4) is 0 Å². The maximum atomic E-state index is 13.2. The fraction of sp³-hybridized carbons (Fsp3) is 0.182. The van der Waals surface area contributed by atoms with Crippen LogP contribution < -0.4 is 0 Å². The van der Waals surface area contributed by atoms with Crippen molar-refractivity contribution in [2.45, 2.75) is 13.0 Å². The number of nitrogens with one attached hydrogen (secondary N) is 2. The molecule has 0 saturated heterocycles. The van der Waals surface area contributed by atoms with Crippen LogP contribution in [0.15, 0.2) is 61.1 Å². The van der Waals surface area contributed by atoms with Gasteiger partial charge in [-0.1, -0.05) is 6.08 Å². The summed E-state index contributed by atoms with van der Waals surface area (Å²) in [6.45, 7) is 2.67. The number of hydrogen-bond acceptors (Lipinski definition) is 3. The van der Waals surface area contributed by atoms with Crippen LogP contribution in [0.25, 0.3) is 27.9 Å². The first kappa shape index (κ1) is 16.9. The average Bonchev–Trinajstić information content (AvgIpc) is 3.36. The Balaban J connectivity index is 1.33. The van der Waals surface area contributed by atoms with Crippen molar-refractivity contribution >= 4 is 16.6 Å². The molecule has 6 heteroatoms. The third-order valence-electron chi connectivity index (χ3n) is 5.34. The molecular weight excluding hydrogens is 353 g/mol. The Morgan fingerprint density at radius 3 is 2.86 bits per heavy atom. The zero-order chi connectivity index (χ0) is 18.9. The highest BCUT2D eigenvalue weighted by atomic mass is 19.1. The average molecular weight is 373 g/mol. The highest BCUT2D eigenvalue weighted by Crippen LogP contribution is 2.29. The molecule has 1 aromatic carbocycles. The van der Waals surface area contributed by atoms with Crippen molar-refractivity contribution in [3.8, 4) is 11.3 Å². The molecule has 1 aliphatic heterocycles. The molecule has 0 spiro atoms. The van der Waals surface area contributed by atoms with Crippen molar-refractivity contribution in [2.24, 2.45) is 0 Å². The van der Waals surface area contributed by atoms with E-state index in [0.29, 0.717) is 0 Å². The maximum Gasteiger partial charge on any atom is 0.137 e. The third-order valence-corrected chi connectivity index (χ3v) is 5.34. The minimum atomic E-state index is -0.231. The van der Waals surface area contributed by atoms with Gasteiger partial charge in [-0.3, -0.25) is 10.00 Å². The standard InChI is InChI=1S/C22H20FN5/c23-18-5-3-16(4-6-18)21-17(12-26-27-21)14-28-10-7-15(8-11-28)20-13-25-22-19(20)2-1-9-24-22/h1-7,9,12-13H,8,10-11,14H2,(H,24,25)(H,26,27). The molecule has 5 rings (SSSR count). The highest BCUT2D eigenvalue weighted by Gasteiger charge is 2.18. The number of halogens is 1. The molecule has 0 bridgehead atoms. The van der Waals surface area contributed by atoms with E-state index in [2.05, 4.69) is 43.4 Å². The van der Waals surface area contributed by atoms with Gasteiger partial charge in [0.25, 0.3) is 0 Å². The van der Waals surface area contributed by atoms with Gasteiger partial charge in [0.05, 0.1) is 11.9 Å². The molecule has 3 aromatic heterocycles. The number of benzene rings is 1. The third kappa shape index (κ3) is 3.12. The number of hydrogen-bond donors (Lipinski definition) is 2. The Hall–Kier alpha value is -3.25. The van der Waals surface area contributed by atoms with Crippen LogP contribution >= 0.6 is 0 Å². The van der Waals surface area contributed by atoms with Crippen LogP contribution in [0.5, 0.6) is 0 Å². The molecule has 0 unspecified atom stereocenters. The summed E-state index contributed by atoms with van der Waals surface area (Å²) < 4.78 is 13.2. The van der Waals surface area contributed by atoms with Crippen LogP contribution in [0.2, 0.25) is 0 Å². The normalized spacial score (nSPS) is 15.1.